The van der Waals surface area contributed by atoms with Crippen molar-refractivity contribution in [3.05, 3.63) is 35.9 Å². The maximum atomic E-state index is 12.8. The lowest BCUT2D eigenvalue weighted by atomic mass is 10.2. The Balaban J connectivity index is 2.60. The van der Waals surface area contributed by atoms with E-state index in [-0.39, 0.29) is 10.9 Å². The van der Waals surface area contributed by atoms with Crippen LogP contribution in [-0.2, 0) is 4.79 Å². The molecule has 0 amide bonds. The summed E-state index contributed by atoms with van der Waals surface area (Å²) in [6.07, 6.45) is -4.36. The third-order valence-electron chi connectivity index (χ3n) is 2.27. The number of ether oxygens (including phenoxy) is 1. The van der Waals surface area contributed by atoms with Crippen LogP contribution in [0.5, 0.6) is 5.75 Å². The van der Waals surface area contributed by atoms with Gasteiger partial charge in [-0.3, -0.25) is 4.79 Å². The number of hydrogen-bond donors (Lipinski definition) is 0. The molecule has 0 atom stereocenters. The van der Waals surface area contributed by atoms with Gasteiger partial charge in [0.25, 0.3) is 0 Å². The van der Waals surface area contributed by atoms with Gasteiger partial charge in [-0.2, -0.15) is 17.6 Å². The minimum absolute atomic E-state index is 0.0213. The lowest BCUT2D eigenvalue weighted by Gasteiger charge is -2.16. The highest BCUT2D eigenvalue weighted by atomic mass is 32.2. The first-order valence-electron chi connectivity index (χ1n) is 6.06. The average molecular weight is 322 g/mol. The largest absolute Gasteiger partial charge is 0.461 e. The second kappa shape index (κ2) is 8.07. The topological polar surface area (TPSA) is 26.3 Å². The number of hydrogen-bond acceptors (Lipinski definition) is 3. The number of carbonyl (C=O) groups is 1. The molecule has 0 radical (unpaired) electrons. The van der Waals surface area contributed by atoms with E-state index in [0.717, 1.165) is 0 Å². The second-order valence-corrected chi connectivity index (χ2v) is 5.34. The first-order chi connectivity index (χ1) is 9.81. The molecule has 0 saturated heterocycles. The Hall–Kier alpha value is -1.50. The van der Waals surface area contributed by atoms with Crippen LogP contribution in [0.25, 0.3) is 6.08 Å². The van der Waals surface area contributed by atoms with E-state index in [2.05, 4.69) is 4.74 Å². The summed E-state index contributed by atoms with van der Waals surface area (Å²) in [6, 6.07) is 5.48. The molecule has 0 unspecified atom stereocenters. The second-order valence-electron chi connectivity index (χ2n) is 4.07. The number of thioether (sulfide) groups is 1. The molecule has 0 aliphatic heterocycles. The quantitative estimate of drug-likeness (QED) is 0.542. The van der Waals surface area contributed by atoms with Crippen molar-refractivity contribution in [1.82, 2.24) is 0 Å². The van der Waals surface area contributed by atoms with Crippen LogP contribution >= 0.6 is 11.8 Å². The Labute approximate surface area is 124 Å². The SMILES string of the molecule is CC(=O)SCCC=Cc1cccc(OC(F)(F)C(F)F)c1. The molecule has 0 aliphatic carbocycles. The van der Waals surface area contributed by atoms with Crippen molar-refractivity contribution in [3.8, 4) is 5.75 Å². The molecule has 0 heterocycles. The lowest BCUT2D eigenvalue weighted by Crippen LogP contribution is -2.33. The van der Waals surface area contributed by atoms with Gasteiger partial charge in [-0.1, -0.05) is 36.0 Å². The maximum Gasteiger partial charge on any atom is 0.461 e. The molecule has 0 saturated carbocycles. The van der Waals surface area contributed by atoms with Crippen molar-refractivity contribution < 1.29 is 27.1 Å². The van der Waals surface area contributed by atoms with Gasteiger partial charge < -0.3 is 4.74 Å². The van der Waals surface area contributed by atoms with Crippen LogP contribution in [0.3, 0.4) is 0 Å². The number of allylic oxidation sites excluding steroid dienone is 1. The van der Waals surface area contributed by atoms with Crippen molar-refractivity contribution in [2.24, 2.45) is 0 Å². The predicted octanol–water partition coefficient (Wildman–Crippen LogP) is 4.61. The molecule has 0 fully saturated rings. The minimum atomic E-state index is -4.51. The number of rotatable bonds is 7. The van der Waals surface area contributed by atoms with Crippen molar-refractivity contribution in [2.45, 2.75) is 25.9 Å². The summed E-state index contributed by atoms with van der Waals surface area (Å²) >= 11 is 1.18. The number of halogens is 4. The molecular weight excluding hydrogens is 308 g/mol. The van der Waals surface area contributed by atoms with Gasteiger partial charge >= 0.3 is 12.5 Å². The number of carbonyl (C=O) groups excluding carboxylic acids is 1. The third kappa shape index (κ3) is 6.66. The fraction of sp³-hybridized carbons (Fsp3) is 0.357. The number of benzene rings is 1. The normalized spacial score (nSPS) is 12.1. The molecule has 116 valence electrons. The van der Waals surface area contributed by atoms with Crippen LogP contribution < -0.4 is 4.74 Å². The van der Waals surface area contributed by atoms with Gasteiger partial charge in [-0.15, -0.1) is 0 Å². The van der Waals surface area contributed by atoms with Crippen molar-refractivity contribution in [1.29, 1.82) is 0 Å². The molecule has 21 heavy (non-hydrogen) atoms. The van der Waals surface area contributed by atoms with E-state index < -0.39 is 12.5 Å². The molecule has 0 N–H and O–H groups in total. The fourth-order valence-electron chi connectivity index (χ4n) is 1.37. The summed E-state index contributed by atoms with van der Waals surface area (Å²) in [5, 5.41) is 0.0213. The van der Waals surface area contributed by atoms with E-state index in [1.165, 1.54) is 36.9 Å². The van der Waals surface area contributed by atoms with E-state index in [1.54, 1.807) is 18.2 Å². The van der Waals surface area contributed by atoms with Gasteiger partial charge in [0.1, 0.15) is 5.75 Å². The zero-order chi connectivity index (χ0) is 15.9. The van der Waals surface area contributed by atoms with Crippen LogP contribution in [0.4, 0.5) is 17.6 Å². The number of alkyl halides is 4. The summed E-state index contributed by atoms with van der Waals surface area (Å²) in [4.78, 5) is 10.7. The lowest BCUT2D eigenvalue weighted by molar-refractivity contribution is -0.253. The molecule has 7 heteroatoms. The van der Waals surface area contributed by atoms with Gasteiger partial charge in [-0.25, -0.2) is 0 Å². The average Bonchev–Trinajstić information content (AvgIpc) is 2.37. The Morgan fingerprint density at radius 2 is 2.14 bits per heavy atom. The minimum Gasteiger partial charge on any atom is -0.428 e. The van der Waals surface area contributed by atoms with Crippen LogP contribution in [0.1, 0.15) is 18.9 Å². The van der Waals surface area contributed by atoms with E-state index in [9.17, 15) is 22.4 Å². The van der Waals surface area contributed by atoms with E-state index in [4.69, 9.17) is 0 Å². The molecule has 0 spiro atoms. The summed E-state index contributed by atoms with van der Waals surface area (Å²) in [7, 11) is 0. The summed E-state index contributed by atoms with van der Waals surface area (Å²) in [5.41, 5.74) is 0.547. The van der Waals surface area contributed by atoms with Gasteiger partial charge in [0.2, 0.25) is 0 Å². The van der Waals surface area contributed by atoms with Crippen LogP contribution in [0, 0.1) is 0 Å². The Morgan fingerprint density at radius 1 is 1.43 bits per heavy atom. The van der Waals surface area contributed by atoms with Crippen LogP contribution in [-0.4, -0.2) is 23.4 Å². The monoisotopic (exact) mass is 322 g/mol. The van der Waals surface area contributed by atoms with E-state index in [1.807, 2.05) is 0 Å². The first-order valence-corrected chi connectivity index (χ1v) is 7.05. The van der Waals surface area contributed by atoms with Gasteiger partial charge in [0.05, 0.1) is 0 Å². The third-order valence-corrected chi connectivity index (χ3v) is 3.11. The highest BCUT2D eigenvalue weighted by Crippen LogP contribution is 2.28. The summed E-state index contributed by atoms with van der Waals surface area (Å²) in [6.45, 7) is 1.47. The van der Waals surface area contributed by atoms with Crippen LogP contribution in [0.2, 0.25) is 0 Å². The molecule has 1 aromatic carbocycles. The van der Waals surface area contributed by atoms with E-state index >= 15 is 0 Å². The van der Waals surface area contributed by atoms with Crippen molar-refractivity contribution in [3.63, 3.8) is 0 Å². The van der Waals surface area contributed by atoms with Gasteiger partial charge in [0, 0.05) is 12.7 Å². The maximum absolute atomic E-state index is 12.8. The van der Waals surface area contributed by atoms with Crippen LogP contribution in [0.15, 0.2) is 30.3 Å². The molecular formula is C14H14F4O2S. The molecule has 1 rings (SSSR count). The Bertz CT molecular complexity index is 504. The highest BCUT2D eigenvalue weighted by molar-refractivity contribution is 8.13. The van der Waals surface area contributed by atoms with Crippen molar-refractivity contribution >= 4 is 23.0 Å². The van der Waals surface area contributed by atoms with Gasteiger partial charge in [0.15, 0.2) is 5.12 Å². The smallest absolute Gasteiger partial charge is 0.428 e. The van der Waals surface area contributed by atoms with E-state index in [0.29, 0.717) is 17.7 Å². The first kappa shape index (κ1) is 17.6. The van der Waals surface area contributed by atoms with Gasteiger partial charge in [-0.05, 0) is 24.1 Å². The zero-order valence-corrected chi connectivity index (χ0v) is 12.0. The standard InChI is InChI=1S/C14H14F4O2S/c1-10(19)21-8-3-2-5-11-6-4-7-12(9-11)20-14(17,18)13(15)16/h2,4-7,9,13H,3,8H2,1H3. The summed E-state index contributed by atoms with van der Waals surface area (Å²) in [5.74, 6) is 0.284. The predicted molar refractivity (Wildman–Crippen MR) is 74.8 cm³/mol. The zero-order valence-electron chi connectivity index (χ0n) is 11.2. The molecule has 1 aromatic rings. The summed E-state index contributed by atoms with van der Waals surface area (Å²) < 4.78 is 53.6. The molecule has 0 aliphatic rings. The Morgan fingerprint density at radius 3 is 2.76 bits per heavy atom. The molecule has 2 nitrogen and oxygen atoms in total. The fourth-order valence-corrected chi connectivity index (χ4v) is 1.91. The molecule has 0 bridgehead atoms. The molecule has 0 aromatic heterocycles. The Kier molecular flexibility index (Phi) is 6.74. The van der Waals surface area contributed by atoms with Crippen molar-refractivity contribution in [2.75, 3.05) is 5.75 Å². The highest BCUT2D eigenvalue weighted by Gasteiger charge is 2.43.